The number of carbonyl (C=O) groups is 1. The van der Waals surface area contributed by atoms with Gasteiger partial charge in [-0.25, -0.2) is 9.78 Å². The molecule has 3 aliphatic rings. The first kappa shape index (κ1) is 19.8. The summed E-state index contributed by atoms with van der Waals surface area (Å²) in [5, 5.41) is 13.5. The quantitative estimate of drug-likeness (QED) is 0.636. The third kappa shape index (κ3) is 3.04. The lowest BCUT2D eigenvalue weighted by Gasteiger charge is -2.33. The zero-order valence-electron chi connectivity index (χ0n) is 18.5. The van der Waals surface area contributed by atoms with Gasteiger partial charge in [0.1, 0.15) is 5.82 Å². The van der Waals surface area contributed by atoms with E-state index in [4.69, 9.17) is 4.98 Å². The number of amides is 1. The normalized spacial score (nSPS) is 27.0. The fraction of sp³-hybridized carbons (Fsp3) is 0.462. The van der Waals surface area contributed by atoms with Gasteiger partial charge in [0.2, 0.25) is 0 Å². The van der Waals surface area contributed by atoms with Gasteiger partial charge in [-0.15, -0.1) is 0 Å². The number of hydrogen-bond donors (Lipinski definition) is 2. The average molecular weight is 431 g/mol. The van der Waals surface area contributed by atoms with Gasteiger partial charge in [0.15, 0.2) is 0 Å². The van der Waals surface area contributed by atoms with Crippen molar-refractivity contribution in [3.63, 3.8) is 0 Å². The Morgan fingerprint density at radius 1 is 1.12 bits per heavy atom. The second-order valence-corrected chi connectivity index (χ2v) is 9.76. The smallest absolute Gasteiger partial charge is 0.412 e. The molecule has 1 saturated carbocycles. The van der Waals surface area contributed by atoms with E-state index in [1.54, 1.807) is 0 Å². The van der Waals surface area contributed by atoms with E-state index in [1.165, 1.54) is 28.8 Å². The summed E-state index contributed by atoms with van der Waals surface area (Å²) in [4.78, 5) is 18.8. The third-order valence-corrected chi connectivity index (χ3v) is 7.99. The largest absolute Gasteiger partial charge is 0.465 e. The number of rotatable bonds is 3. The van der Waals surface area contributed by atoms with Crippen LogP contribution in [0, 0.1) is 11.8 Å². The van der Waals surface area contributed by atoms with Crippen molar-refractivity contribution in [2.45, 2.75) is 51.1 Å². The zero-order chi connectivity index (χ0) is 21.8. The summed E-state index contributed by atoms with van der Waals surface area (Å²) in [6.07, 6.45) is 4.08. The van der Waals surface area contributed by atoms with Crippen LogP contribution in [0.3, 0.4) is 0 Å². The van der Waals surface area contributed by atoms with Gasteiger partial charge in [0, 0.05) is 30.6 Å². The van der Waals surface area contributed by atoms with Crippen molar-refractivity contribution in [3.8, 4) is 0 Å². The topological polar surface area (TPSA) is 70.4 Å². The summed E-state index contributed by atoms with van der Waals surface area (Å²) in [6.45, 7) is 4.20. The number of hydrogen-bond acceptors (Lipinski definition) is 3. The predicted octanol–water partition coefficient (Wildman–Crippen LogP) is 4.62. The van der Waals surface area contributed by atoms with Crippen LogP contribution in [0.25, 0.3) is 11.0 Å². The number of anilines is 1. The van der Waals surface area contributed by atoms with Crippen LogP contribution in [0.2, 0.25) is 0 Å². The molecule has 0 radical (unpaired) electrons. The summed E-state index contributed by atoms with van der Waals surface area (Å²) in [5.41, 5.74) is 5.34. The highest BCUT2D eigenvalue weighted by molar-refractivity contribution is 5.94. The molecule has 1 aliphatic carbocycles. The van der Waals surface area contributed by atoms with Crippen LogP contribution in [-0.4, -0.2) is 39.9 Å². The van der Waals surface area contributed by atoms with Gasteiger partial charge in [-0.1, -0.05) is 30.3 Å². The van der Waals surface area contributed by atoms with Gasteiger partial charge in [0.05, 0.1) is 16.7 Å². The Labute approximate surface area is 188 Å². The number of aromatic nitrogens is 2. The average Bonchev–Trinajstić information content (AvgIpc) is 3.48. The molecule has 32 heavy (non-hydrogen) atoms. The van der Waals surface area contributed by atoms with Gasteiger partial charge < -0.3 is 15.0 Å². The predicted molar refractivity (Wildman–Crippen MR) is 125 cm³/mol. The summed E-state index contributed by atoms with van der Waals surface area (Å²) in [7, 11) is 0. The zero-order valence-corrected chi connectivity index (χ0v) is 18.5. The van der Waals surface area contributed by atoms with Crippen molar-refractivity contribution < 1.29 is 9.90 Å². The molecule has 0 spiro atoms. The Kier molecular flexibility index (Phi) is 4.72. The van der Waals surface area contributed by atoms with E-state index in [2.05, 4.69) is 46.3 Å². The minimum absolute atomic E-state index is 0.0107. The molecular formula is C26H30N4O2. The lowest BCUT2D eigenvalue weighted by atomic mass is 9.95. The maximum absolute atomic E-state index is 12.0. The first-order valence-corrected chi connectivity index (χ1v) is 11.9. The van der Waals surface area contributed by atoms with Crippen LogP contribution in [-0.2, 0) is 12.8 Å². The lowest BCUT2D eigenvalue weighted by molar-refractivity contribution is 0.198. The number of carboxylic acid groups (broad SMARTS) is 1. The first-order valence-electron chi connectivity index (χ1n) is 11.9. The highest BCUT2D eigenvalue weighted by Gasteiger charge is 2.41. The molecule has 2 N–H and O–H groups in total. The first-order chi connectivity index (χ1) is 15.6. The molecule has 2 fully saturated rings. The number of aryl methyl sites for hydroxylation is 1. The Morgan fingerprint density at radius 2 is 1.97 bits per heavy atom. The molecule has 3 aromatic rings. The minimum Gasteiger partial charge on any atom is -0.465 e. The molecule has 1 aromatic heterocycles. The van der Waals surface area contributed by atoms with Gasteiger partial charge in [-0.05, 0) is 68.7 Å². The number of benzene rings is 2. The molecular weight excluding hydrogens is 400 g/mol. The molecule has 1 amide bonds. The van der Waals surface area contributed by atoms with Crippen LogP contribution in [0.4, 0.5) is 10.5 Å². The van der Waals surface area contributed by atoms with Crippen molar-refractivity contribution in [2.75, 3.05) is 18.0 Å². The molecule has 4 atom stereocenters. The molecule has 3 heterocycles. The van der Waals surface area contributed by atoms with Crippen LogP contribution >= 0.6 is 0 Å². The van der Waals surface area contributed by atoms with E-state index in [1.807, 2.05) is 13.0 Å². The molecule has 2 aromatic carbocycles. The second kappa shape index (κ2) is 7.62. The number of fused-ring (bicyclic) bond motifs is 4. The van der Waals surface area contributed by atoms with E-state index in [0.717, 1.165) is 60.9 Å². The molecule has 2 aliphatic heterocycles. The van der Waals surface area contributed by atoms with Gasteiger partial charge in [0.25, 0.3) is 0 Å². The maximum atomic E-state index is 12.0. The lowest BCUT2D eigenvalue weighted by Crippen LogP contribution is -2.41. The molecule has 0 bridgehead atoms. The summed E-state index contributed by atoms with van der Waals surface area (Å²) in [5.74, 6) is 2.51. The van der Waals surface area contributed by atoms with Crippen LogP contribution in [0.5, 0.6) is 0 Å². The van der Waals surface area contributed by atoms with Crippen molar-refractivity contribution >= 4 is 22.8 Å². The highest BCUT2D eigenvalue weighted by atomic mass is 16.4. The SMILES string of the molecule is C[C@H]1CCc2c(ccc3c2nc(Cc2ccccc2)n3[C@@H]2CC[C@@H]3CNC[C@H]32)N1C(=O)O. The van der Waals surface area contributed by atoms with Crippen LogP contribution in [0.15, 0.2) is 42.5 Å². The minimum atomic E-state index is -0.877. The molecule has 6 rings (SSSR count). The van der Waals surface area contributed by atoms with Crippen molar-refractivity contribution in [3.05, 3.63) is 59.4 Å². The summed E-state index contributed by atoms with van der Waals surface area (Å²) in [6, 6.07) is 15.1. The Bertz CT molecular complexity index is 1170. The molecule has 6 heteroatoms. The fourth-order valence-corrected chi connectivity index (χ4v) is 6.45. The molecule has 6 nitrogen and oxygen atoms in total. The fourth-order valence-electron chi connectivity index (χ4n) is 6.45. The monoisotopic (exact) mass is 430 g/mol. The highest BCUT2D eigenvalue weighted by Crippen LogP contribution is 2.45. The summed E-state index contributed by atoms with van der Waals surface area (Å²) >= 11 is 0. The van der Waals surface area contributed by atoms with Crippen molar-refractivity contribution in [2.24, 2.45) is 11.8 Å². The second-order valence-electron chi connectivity index (χ2n) is 9.76. The molecule has 166 valence electrons. The Hall–Kier alpha value is -2.86. The van der Waals surface area contributed by atoms with E-state index in [-0.39, 0.29) is 6.04 Å². The van der Waals surface area contributed by atoms with E-state index >= 15 is 0 Å². The molecule has 1 saturated heterocycles. The Balaban J connectivity index is 1.52. The van der Waals surface area contributed by atoms with Crippen LogP contribution < -0.4 is 10.2 Å². The maximum Gasteiger partial charge on any atom is 0.412 e. The van der Waals surface area contributed by atoms with E-state index < -0.39 is 6.09 Å². The van der Waals surface area contributed by atoms with E-state index in [9.17, 15) is 9.90 Å². The standard InChI is InChI=1S/C26H30N4O2/c1-16-7-9-19-21(29(16)26(31)32)11-12-23-25(19)28-24(13-17-5-3-2-4-6-17)30(23)22-10-8-18-14-27-15-20(18)22/h2-6,11-12,16,18,20,22,27H,7-10,13-15H2,1H3,(H,31,32)/t16-,18+,20+,22+/m0/s1. The summed E-state index contributed by atoms with van der Waals surface area (Å²) < 4.78 is 2.52. The van der Waals surface area contributed by atoms with E-state index in [0.29, 0.717) is 12.0 Å². The van der Waals surface area contributed by atoms with Gasteiger partial charge in [-0.3, -0.25) is 4.90 Å². The molecule has 0 unspecified atom stereocenters. The number of imidazole rings is 1. The van der Waals surface area contributed by atoms with Crippen molar-refractivity contribution in [1.82, 2.24) is 14.9 Å². The third-order valence-electron chi connectivity index (χ3n) is 7.99. The number of nitrogens with zero attached hydrogens (tertiary/aromatic N) is 3. The van der Waals surface area contributed by atoms with Gasteiger partial charge >= 0.3 is 6.09 Å². The van der Waals surface area contributed by atoms with Crippen LogP contribution in [0.1, 0.15) is 49.2 Å². The van der Waals surface area contributed by atoms with Crippen molar-refractivity contribution in [1.29, 1.82) is 0 Å². The number of nitrogens with one attached hydrogen (secondary N) is 1. The Morgan fingerprint density at radius 3 is 2.78 bits per heavy atom. The van der Waals surface area contributed by atoms with Gasteiger partial charge in [-0.2, -0.15) is 0 Å².